The van der Waals surface area contributed by atoms with E-state index in [1.807, 2.05) is 0 Å². The summed E-state index contributed by atoms with van der Waals surface area (Å²) >= 11 is 0. The van der Waals surface area contributed by atoms with Crippen molar-refractivity contribution in [1.29, 1.82) is 0 Å². The molecule has 0 atom stereocenters. The molecule has 0 saturated heterocycles. The van der Waals surface area contributed by atoms with Crippen molar-refractivity contribution in [3.63, 3.8) is 0 Å². The van der Waals surface area contributed by atoms with E-state index >= 15 is 0 Å². The van der Waals surface area contributed by atoms with Crippen LogP contribution in [0, 0.1) is 17.7 Å². The Kier molecular flexibility index (Phi) is 8.10. The summed E-state index contributed by atoms with van der Waals surface area (Å²) in [5.41, 5.74) is 0.541. The van der Waals surface area contributed by atoms with E-state index in [4.69, 9.17) is 9.84 Å². The summed E-state index contributed by atoms with van der Waals surface area (Å²) in [7, 11) is 0. The van der Waals surface area contributed by atoms with Crippen LogP contribution < -0.4 is 5.32 Å². The van der Waals surface area contributed by atoms with Crippen LogP contribution in [0.2, 0.25) is 0 Å². The minimum atomic E-state index is -0.506. The molecule has 0 aromatic heterocycles. The highest BCUT2D eigenvalue weighted by atomic mass is 19.1. The summed E-state index contributed by atoms with van der Waals surface area (Å²) in [5.74, 6) is 4.17. The van der Waals surface area contributed by atoms with Gasteiger partial charge in [-0.25, -0.2) is 4.39 Å². The maximum Gasteiger partial charge on any atom is 0.252 e. The Hall–Kier alpha value is -1.90. The number of halogens is 1. The molecule has 1 amide bonds. The zero-order chi connectivity index (χ0) is 15.5. The molecule has 0 fully saturated rings. The molecule has 1 aromatic carbocycles. The molecule has 0 radical (unpaired) electrons. The van der Waals surface area contributed by atoms with Gasteiger partial charge in [-0.05, 0) is 24.6 Å². The van der Waals surface area contributed by atoms with Crippen LogP contribution in [0.5, 0.6) is 0 Å². The van der Waals surface area contributed by atoms with Gasteiger partial charge in [0.15, 0.2) is 0 Å². The number of hydrogen-bond donors (Lipinski definition) is 2. The first-order valence-electron chi connectivity index (χ1n) is 6.94. The monoisotopic (exact) mass is 293 g/mol. The lowest BCUT2D eigenvalue weighted by Crippen LogP contribution is -2.28. The highest BCUT2D eigenvalue weighted by Crippen LogP contribution is 2.10. The topological polar surface area (TPSA) is 58.6 Å². The van der Waals surface area contributed by atoms with Crippen molar-refractivity contribution < 1.29 is 19.0 Å². The molecule has 5 heteroatoms. The highest BCUT2D eigenvalue weighted by molar-refractivity contribution is 5.96. The summed E-state index contributed by atoms with van der Waals surface area (Å²) in [6, 6.07) is 3.78. The fourth-order valence-electron chi connectivity index (χ4n) is 1.63. The molecule has 4 nitrogen and oxygen atoms in total. The van der Waals surface area contributed by atoms with Crippen LogP contribution in [0.4, 0.5) is 4.39 Å². The van der Waals surface area contributed by atoms with Crippen LogP contribution >= 0.6 is 0 Å². The Labute approximate surface area is 124 Å². The van der Waals surface area contributed by atoms with E-state index in [-0.39, 0.29) is 12.2 Å². The molecule has 0 heterocycles. The van der Waals surface area contributed by atoms with E-state index in [0.717, 1.165) is 18.9 Å². The van der Waals surface area contributed by atoms with Crippen molar-refractivity contribution in [2.75, 3.05) is 26.4 Å². The molecule has 2 N–H and O–H groups in total. The number of carbonyl (C=O) groups is 1. The van der Waals surface area contributed by atoms with Gasteiger partial charge in [0.25, 0.3) is 5.91 Å². The predicted molar refractivity (Wildman–Crippen MR) is 78.4 cm³/mol. The lowest BCUT2D eigenvalue weighted by atomic mass is 10.1. The van der Waals surface area contributed by atoms with Crippen molar-refractivity contribution >= 4 is 5.91 Å². The summed E-state index contributed by atoms with van der Waals surface area (Å²) < 4.78 is 18.6. The number of nitrogens with one attached hydrogen (secondary N) is 1. The fraction of sp³-hybridized carbons (Fsp3) is 0.438. The first-order valence-corrected chi connectivity index (χ1v) is 6.94. The van der Waals surface area contributed by atoms with Crippen LogP contribution in [0.15, 0.2) is 18.2 Å². The van der Waals surface area contributed by atoms with Crippen molar-refractivity contribution in [2.24, 2.45) is 0 Å². The molecule has 0 spiro atoms. The third kappa shape index (κ3) is 6.39. The molecule has 1 aromatic rings. The van der Waals surface area contributed by atoms with Crippen LogP contribution in [0.25, 0.3) is 0 Å². The van der Waals surface area contributed by atoms with Crippen LogP contribution in [-0.4, -0.2) is 37.4 Å². The number of ether oxygens (including phenoxy) is 1. The molecular weight excluding hydrogens is 273 g/mol. The molecular formula is C16H20FNO3. The van der Waals surface area contributed by atoms with Crippen LogP contribution in [-0.2, 0) is 4.74 Å². The Morgan fingerprint density at radius 3 is 2.95 bits per heavy atom. The number of rotatable bonds is 7. The molecule has 1 rings (SSSR count). The smallest absolute Gasteiger partial charge is 0.252 e. The van der Waals surface area contributed by atoms with Crippen molar-refractivity contribution in [2.45, 2.75) is 19.8 Å². The lowest BCUT2D eigenvalue weighted by Gasteiger charge is -2.08. The predicted octanol–water partition coefficient (Wildman–Crippen LogP) is 1.72. The molecule has 0 unspecified atom stereocenters. The largest absolute Gasteiger partial charge is 0.384 e. The number of hydrogen-bond acceptors (Lipinski definition) is 3. The molecule has 0 aliphatic rings. The van der Waals surface area contributed by atoms with Crippen LogP contribution in [0.3, 0.4) is 0 Å². The second-order valence-electron chi connectivity index (χ2n) is 4.37. The first kappa shape index (κ1) is 17.2. The van der Waals surface area contributed by atoms with E-state index < -0.39 is 11.7 Å². The van der Waals surface area contributed by atoms with Crippen LogP contribution in [0.1, 0.15) is 35.7 Å². The molecule has 21 heavy (non-hydrogen) atoms. The van der Waals surface area contributed by atoms with Gasteiger partial charge in [0.05, 0.1) is 12.2 Å². The number of aliphatic hydroxyl groups excluding tert-OH is 1. The maximum atomic E-state index is 13.3. The van der Waals surface area contributed by atoms with Gasteiger partial charge in [0, 0.05) is 18.7 Å². The van der Waals surface area contributed by atoms with E-state index in [0.29, 0.717) is 25.3 Å². The fourth-order valence-corrected chi connectivity index (χ4v) is 1.63. The van der Waals surface area contributed by atoms with Gasteiger partial charge in [-0.3, -0.25) is 4.79 Å². The molecule has 114 valence electrons. The minimum absolute atomic E-state index is 0.157. The Balaban J connectivity index is 2.58. The minimum Gasteiger partial charge on any atom is -0.384 e. The normalized spacial score (nSPS) is 9.86. The lowest BCUT2D eigenvalue weighted by molar-refractivity contribution is 0.0912. The molecule has 0 saturated carbocycles. The second-order valence-corrected chi connectivity index (χ2v) is 4.37. The summed E-state index contributed by atoms with van der Waals surface area (Å²) in [4.78, 5) is 12.0. The summed E-state index contributed by atoms with van der Waals surface area (Å²) in [6.45, 7) is 3.19. The summed E-state index contributed by atoms with van der Waals surface area (Å²) in [5, 5.41) is 11.4. The van der Waals surface area contributed by atoms with Gasteiger partial charge in [-0.1, -0.05) is 25.2 Å². The molecule has 0 bridgehead atoms. The number of amides is 1. The first-order chi connectivity index (χ1) is 10.2. The van der Waals surface area contributed by atoms with Gasteiger partial charge >= 0.3 is 0 Å². The highest BCUT2D eigenvalue weighted by Gasteiger charge is 2.11. The van der Waals surface area contributed by atoms with E-state index in [1.165, 1.54) is 12.1 Å². The third-order valence-electron chi connectivity index (χ3n) is 2.70. The van der Waals surface area contributed by atoms with Crippen molar-refractivity contribution in [3.8, 4) is 11.8 Å². The van der Waals surface area contributed by atoms with E-state index in [9.17, 15) is 9.18 Å². The average molecular weight is 293 g/mol. The van der Waals surface area contributed by atoms with E-state index in [2.05, 4.69) is 24.1 Å². The van der Waals surface area contributed by atoms with Gasteiger partial charge in [-0.2, -0.15) is 0 Å². The van der Waals surface area contributed by atoms with Crippen molar-refractivity contribution in [1.82, 2.24) is 5.32 Å². The van der Waals surface area contributed by atoms with E-state index in [1.54, 1.807) is 0 Å². The Bertz CT molecular complexity index is 520. The zero-order valence-electron chi connectivity index (χ0n) is 12.1. The number of unbranched alkanes of at least 4 members (excludes halogenated alkanes) is 1. The number of benzene rings is 1. The van der Waals surface area contributed by atoms with Gasteiger partial charge in [0.1, 0.15) is 12.4 Å². The molecule has 0 aliphatic carbocycles. The summed E-state index contributed by atoms with van der Waals surface area (Å²) in [6.07, 6.45) is 2.04. The number of aliphatic hydroxyl groups is 1. The quantitative estimate of drug-likeness (QED) is 0.594. The zero-order valence-corrected chi connectivity index (χ0v) is 12.1. The maximum absolute atomic E-state index is 13.3. The third-order valence-corrected chi connectivity index (χ3v) is 2.70. The van der Waals surface area contributed by atoms with Gasteiger partial charge < -0.3 is 15.2 Å². The van der Waals surface area contributed by atoms with Gasteiger partial charge in [-0.15, -0.1) is 0 Å². The van der Waals surface area contributed by atoms with Gasteiger partial charge in [0.2, 0.25) is 0 Å². The molecule has 0 aliphatic heterocycles. The second kappa shape index (κ2) is 9.92. The standard InChI is InChI=1S/C16H20FNO3/c1-2-3-10-21-11-8-18-16(20)15-12-14(17)7-6-13(15)5-4-9-19/h6-7,12,19H,2-3,8-11H2,1H3,(H,18,20). The Morgan fingerprint density at radius 1 is 1.43 bits per heavy atom. The van der Waals surface area contributed by atoms with Crippen molar-refractivity contribution in [3.05, 3.63) is 35.1 Å². The number of carbonyl (C=O) groups excluding carboxylic acids is 1. The Morgan fingerprint density at radius 2 is 2.24 bits per heavy atom. The SMILES string of the molecule is CCCCOCCNC(=O)c1cc(F)ccc1C#CCO. The average Bonchev–Trinajstić information content (AvgIpc) is 2.49.